The van der Waals surface area contributed by atoms with Crippen molar-refractivity contribution in [3.63, 3.8) is 0 Å². The molecule has 1 aromatic carbocycles. The van der Waals surface area contributed by atoms with Gasteiger partial charge in [0.2, 0.25) is 0 Å². The molecule has 1 heterocycles. The molecule has 0 radical (unpaired) electrons. The predicted octanol–water partition coefficient (Wildman–Crippen LogP) is 4.50. The van der Waals surface area contributed by atoms with E-state index in [1.807, 2.05) is 14.1 Å². The minimum atomic E-state index is -2.68. The molecule has 0 bridgehead atoms. The Balaban J connectivity index is 2.03. The summed E-state index contributed by atoms with van der Waals surface area (Å²) in [5.41, 5.74) is 7.52. The van der Waals surface area contributed by atoms with Crippen LogP contribution in [0.3, 0.4) is 0 Å². The van der Waals surface area contributed by atoms with Gasteiger partial charge in [0.05, 0.1) is 0 Å². The van der Waals surface area contributed by atoms with Crippen molar-refractivity contribution >= 4 is 23.1 Å². The van der Waals surface area contributed by atoms with Gasteiger partial charge in [-0.2, -0.15) is 10.1 Å². The van der Waals surface area contributed by atoms with Gasteiger partial charge in [0.1, 0.15) is 18.1 Å². The monoisotopic (exact) mass is 382 g/mol. The molecule has 1 aromatic heterocycles. The second-order valence-corrected chi connectivity index (χ2v) is 5.72. The summed E-state index contributed by atoms with van der Waals surface area (Å²) in [6, 6.07) is 6.00. The van der Waals surface area contributed by atoms with E-state index in [9.17, 15) is 8.78 Å². The van der Waals surface area contributed by atoms with Gasteiger partial charge in [0, 0.05) is 42.8 Å². The highest BCUT2D eigenvalue weighted by Gasteiger charge is 2.12. The van der Waals surface area contributed by atoms with Gasteiger partial charge in [-0.1, -0.05) is 11.6 Å². The van der Waals surface area contributed by atoms with Crippen LogP contribution in [0.4, 0.5) is 20.3 Å². The van der Waals surface area contributed by atoms with Crippen LogP contribution in [0.15, 0.2) is 47.5 Å². The van der Waals surface area contributed by atoms with E-state index >= 15 is 0 Å². The Bertz CT molecular complexity index is 800. The highest BCUT2D eigenvalue weighted by Crippen LogP contribution is 2.29. The minimum Gasteiger partial charge on any atom is -0.457 e. The molecule has 138 valence electrons. The van der Waals surface area contributed by atoms with E-state index in [0.29, 0.717) is 11.5 Å². The molecule has 0 saturated carbocycles. The summed E-state index contributed by atoms with van der Waals surface area (Å²) >= 11 is 5.72. The zero-order valence-corrected chi connectivity index (χ0v) is 14.8. The summed E-state index contributed by atoms with van der Waals surface area (Å²) in [7, 11) is 3.67. The SMILES string of the molecule is CN(C)c1ccnc(OC/C(=C/Nc2ccc(Cl)c(C(F)F)c2)N=N)n1. The number of aromatic nitrogens is 2. The highest BCUT2D eigenvalue weighted by molar-refractivity contribution is 6.31. The fourth-order valence-corrected chi connectivity index (χ4v) is 2.06. The van der Waals surface area contributed by atoms with Crippen LogP contribution in [0.2, 0.25) is 5.02 Å². The Hall–Kier alpha value is -2.81. The summed E-state index contributed by atoms with van der Waals surface area (Å²) in [4.78, 5) is 9.95. The second kappa shape index (κ2) is 9.04. The zero-order chi connectivity index (χ0) is 19.1. The number of hydrogen-bond acceptors (Lipinski definition) is 7. The third-order valence-electron chi connectivity index (χ3n) is 3.21. The maximum Gasteiger partial charge on any atom is 0.318 e. The Labute approximate surface area is 154 Å². The molecule has 0 aliphatic rings. The first-order valence-electron chi connectivity index (χ1n) is 7.44. The number of nitrogens with zero attached hydrogens (tertiary/aromatic N) is 4. The van der Waals surface area contributed by atoms with E-state index in [-0.39, 0.29) is 28.9 Å². The average Bonchev–Trinajstić information content (AvgIpc) is 2.63. The Morgan fingerprint density at radius 1 is 1.42 bits per heavy atom. The first-order chi connectivity index (χ1) is 12.4. The normalized spacial score (nSPS) is 11.4. The number of alkyl halides is 2. The van der Waals surface area contributed by atoms with Gasteiger partial charge in [-0.25, -0.2) is 19.3 Å². The standard InChI is InChI=1S/C16H17ClF2N6O/c1-25(2)14-5-6-21-16(23-14)26-9-11(24-20)8-22-10-3-4-13(17)12(7-10)15(18)19/h3-8,15,20,22H,9H2,1-2H3/b11-8-,24-20?. The molecule has 0 fully saturated rings. The lowest BCUT2D eigenvalue weighted by Crippen LogP contribution is -2.12. The molecule has 0 aliphatic carbocycles. The van der Waals surface area contributed by atoms with Crippen LogP contribution >= 0.6 is 11.6 Å². The molecular weight excluding hydrogens is 366 g/mol. The Morgan fingerprint density at radius 3 is 2.85 bits per heavy atom. The first kappa shape index (κ1) is 19.5. The van der Waals surface area contributed by atoms with Crippen molar-refractivity contribution in [2.75, 3.05) is 30.9 Å². The average molecular weight is 383 g/mol. The van der Waals surface area contributed by atoms with Gasteiger partial charge in [-0.15, -0.1) is 0 Å². The smallest absolute Gasteiger partial charge is 0.318 e. The first-order valence-corrected chi connectivity index (χ1v) is 7.82. The van der Waals surface area contributed by atoms with Gasteiger partial charge in [0.25, 0.3) is 6.43 Å². The summed E-state index contributed by atoms with van der Waals surface area (Å²) in [5, 5.41) is 6.11. The van der Waals surface area contributed by atoms with Crippen LogP contribution < -0.4 is 15.0 Å². The fourth-order valence-electron chi connectivity index (χ4n) is 1.86. The third kappa shape index (κ3) is 5.35. The van der Waals surface area contributed by atoms with E-state index in [4.69, 9.17) is 21.9 Å². The van der Waals surface area contributed by atoms with E-state index in [2.05, 4.69) is 20.4 Å². The summed E-state index contributed by atoms with van der Waals surface area (Å²) in [6.07, 6.45) is 0.246. The van der Waals surface area contributed by atoms with E-state index in [0.717, 1.165) is 0 Å². The Morgan fingerprint density at radius 2 is 2.19 bits per heavy atom. The van der Waals surface area contributed by atoms with Gasteiger partial charge < -0.3 is 15.0 Å². The maximum absolute atomic E-state index is 12.9. The number of nitrogens with one attached hydrogen (secondary N) is 2. The number of halogens is 3. The third-order valence-corrected chi connectivity index (χ3v) is 3.55. The van der Waals surface area contributed by atoms with Crippen molar-refractivity contribution in [2.45, 2.75) is 6.43 Å². The number of benzene rings is 1. The fraction of sp³-hybridized carbons (Fsp3) is 0.250. The van der Waals surface area contributed by atoms with E-state index in [1.165, 1.54) is 24.4 Å². The minimum absolute atomic E-state index is 0.0128. The maximum atomic E-state index is 12.9. The van der Waals surface area contributed by atoms with Gasteiger partial charge in [0.15, 0.2) is 0 Å². The van der Waals surface area contributed by atoms with Gasteiger partial charge >= 0.3 is 6.01 Å². The van der Waals surface area contributed by atoms with Crippen LogP contribution in [0.25, 0.3) is 0 Å². The molecule has 2 N–H and O–H groups in total. The largest absolute Gasteiger partial charge is 0.457 e. The lowest BCUT2D eigenvalue weighted by Gasteiger charge is -2.12. The van der Waals surface area contributed by atoms with Gasteiger partial charge in [-0.05, 0) is 24.3 Å². The van der Waals surface area contributed by atoms with Crippen LogP contribution in [0, 0.1) is 5.53 Å². The van der Waals surface area contributed by atoms with E-state index < -0.39 is 6.43 Å². The van der Waals surface area contributed by atoms with Crippen molar-refractivity contribution in [2.24, 2.45) is 5.11 Å². The summed E-state index contributed by atoms with van der Waals surface area (Å²) < 4.78 is 31.1. The van der Waals surface area contributed by atoms with Crippen LogP contribution in [0.1, 0.15) is 12.0 Å². The quantitative estimate of drug-likeness (QED) is 0.656. The number of ether oxygens (including phenoxy) is 1. The zero-order valence-electron chi connectivity index (χ0n) is 14.1. The topological polar surface area (TPSA) is 86.5 Å². The summed E-state index contributed by atoms with van der Waals surface area (Å²) in [6.45, 7) is -0.0668. The molecular formula is C16H17ClF2N6O. The molecule has 0 aliphatic heterocycles. The molecule has 10 heteroatoms. The van der Waals surface area contributed by atoms with Crippen molar-refractivity contribution in [1.29, 1.82) is 5.53 Å². The highest BCUT2D eigenvalue weighted by atomic mass is 35.5. The molecule has 0 amide bonds. The number of anilines is 2. The van der Waals surface area contributed by atoms with Crippen LogP contribution in [-0.4, -0.2) is 30.7 Å². The van der Waals surface area contributed by atoms with Crippen molar-refractivity contribution in [3.05, 3.63) is 52.9 Å². The van der Waals surface area contributed by atoms with E-state index in [1.54, 1.807) is 17.2 Å². The lowest BCUT2D eigenvalue weighted by atomic mass is 10.2. The molecule has 7 nitrogen and oxygen atoms in total. The molecule has 26 heavy (non-hydrogen) atoms. The molecule has 0 spiro atoms. The molecule has 0 saturated heterocycles. The summed E-state index contributed by atoms with van der Waals surface area (Å²) in [5.74, 6) is 0.669. The molecule has 2 rings (SSSR count). The number of hydrogen-bond donors (Lipinski definition) is 2. The molecule has 2 aromatic rings. The van der Waals surface area contributed by atoms with Crippen LogP contribution in [0.5, 0.6) is 6.01 Å². The molecule has 0 unspecified atom stereocenters. The van der Waals surface area contributed by atoms with Crippen molar-refractivity contribution in [3.8, 4) is 6.01 Å². The van der Waals surface area contributed by atoms with Gasteiger partial charge in [-0.3, -0.25) is 0 Å². The van der Waals surface area contributed by atoms with Crippen molar-refractivity contribution in [1.82, 2.24) is 9.97 Å². The lowest BCUT2D eigenvalue weighted by molar-refractivity contribution is 0.151. The second-order valence-electron chi connectivity index (χ2n) is 5.31. The van der Waals surface area contributed by atoms with Crippen molar-refractivity contribution < 1.29 is 13.5 Å². The van der Waals surface area contributed by atoms with Crippen LogP contribution in [-0.2, 0) is 0 Å². The predicted molar refractivity (Wildman–Crippen MR) is 95.1 cm³/mol. The Kier molecular flexibility index (Phi) is 6.79. The number of rotatable bonds is 8. The molecule has 0 atom stereocenters.